The van der Waals surface area contributed by atoms with Crippen molar-refractivity contribution in [2.75, 3.05) is 0 Å². The maximum Gasteiger partial charge on any atom is 0.250 e. The summed E-state index contributed by atoms with van der Waals surface area (Å²) < 4.78 is 0. The Balaban J connectivity index is 2.43. The quantitative estimate of drug-likeness (QED) is 0.466. The van der Waals surface area contributed by atoms with Gasteiger partial charge in [-0.05, 0) is 34.1 Å². The van der Waals surface area contributed by atoms with Crippen LogP contribution in [-0.4, -0.2) is 22.8 Å². The summed E-state index contributed by atoms with van der Waals surface area (Å²) in [5.41, 5.74) is 23.4. The number of allylic oxidation sites excluding steroid dienone is 4. The zero-order chi connectivity index (χ0) is 21.3. The van der Waals surface area contributed by atoms with E-state index < -0.39 is 23.6 Å². The number of rotatable bonds is 4. The first-order valence-electron chi connectivity index (χ1n) is 8.47. The number of hydrogen-bond acceptors (Lipinski definition) is 5. The monoisotopic (exact) mass is 390 g/mol. The first-order chi connectivity index (χ1) is 13.7. The molecule has 8 nitrogen and oxygen atoms in total. The zero-order valence-corrected chi connectivity index (χ0v) is 15.2. The Labute approximate surface area is 165 Å². The SMILES string of the molecule is NC(=O)c1cccc(C2=CC=CC2=c2cccc(C(N)=O)c2=C(N)O)c1C(N)=O. The number of benzene rings is 2. The number of carbonyl (C=O) groups is 3. The minimum atomic E-state index is -0.819. The summed E-state index contributed by atoms with van der Waals surface area (Å²) in [4.78, 5) is 35.7. The van der Waals surface area contributed by atoms with Crippen molar-refractivity contribution in [3.8, 4) is 0 Å². The number of primary amides is 3. The van der Waals surface area contributed by atoms with Gasteiger partial charge in [-0.15, -0.1) is 0 Å². The van der Waals surface area contributed by atoms with E-state index in [2.05, 4.69) is 0 Å². The van der Waals surface area contributed by atoms with E-state index >= 15 is 0 Å². The third kappa shape index (κ3) is 3.34. The van der Waals surface area contributed by atoms with Gasteiger partial charge in [0.2, 0.25) is 17.7 Å². The third-order valence-corrected chi connectivity index (χ3v) is 4.56. The zero-order valence-electron chi connectivity index (χ0n) is 15.2. The Kier molecular flexibility index (Phi) is 4.93. The fraction of sp³-hybridized carbons (Fsp3) is 0. The molecule has 0 heterocycles. The van der Waals surface area contributed by atoms with Crippen LogP contribution >= 0.6 is 0 Å². The van der Waals surface area contributed by atoms with Crippen LogP contribution in [0.1, 0.15) is 36.6 Å². The highest BCUT2D eigenvalue weighted by molar-refractivity contribution is 6.14. The Hall–Kier alpha value is -4.33. The Morgan fingerprint density at radius 1 is 0.793 bits per heavy atom. The molecule has 0 saturated heterocycles. The van der Waals surface area contributed by atoms with E-state index in [4.69, 9.17) is 22.9 Å². The van der Waals surface area contributed by atoms with E-state index in [1.165, 1.54) is 12.1 Å². The second kappa shape index (κ2) is 7.35. The van der Waals surface area contributed by atoms with Gasteiger partial charge in [-0.25, -0.2) is 0 Å². The van der Waals surface area contributed by atoms with Crippen LogP contribution in [0.4, 0.5) is 0 Å². The van der Waals surface area contributed by atoms with Gasteiger partial charge in [0.1, 0.15) is 0 Å². The molecular weight excluding hydrogens is 372 g/mol. The molecule has 0 radical (unpaired) electrons. The van der Waals surface area contributed by atoms with E-state index in [-0.39, 0.29) is 21.9 Å². The number of aliphatic hydroxyl groups is 1. The van der Waals surface area contributed by atoms with Crippen LogP contribution in [0, 0.1) is 0 Å². The van der Waals surface area contributed by atoms with Gasteiger partial charge in [-0.1, -0.05) is 42.5 Å². The lowest BCUT2D eigenvalue weighted by atomic mass is 9.90. The van der Waals surface area contributed by atoms with Crippen molar-refractivity contribution in [1.29, 1.82) is 0 Å². The summed E-state index contributed by atoms with van der Waals surface area (Å²) in [6.45, 7) is 0. The van der Waals surface area contributed by atoms with Crippen LogP contribution in [-0.2, 0) is 0 Å². The van der Waals surface area contributed by atoms with E-state index in [9.17, 15) is 19.5 Å². The Bertz CT molecular complexity index is 1250. The smallest absolute Gasteiger partial charge is 0.250 e. The van der Waals surface area contributed by atoms with Gasteiger partial charge < -0.3 is 28.0 Å². The molecule has 0 spiro atoms. The van der Waals surface area contributed by atoms with Crippen LogP contribution in [0.3, 0.4) is 0 Å². The standard InChI is InChI=1S/C21H18N4O4/c22-18(26)14-8-2-6-12(16(14)20(24)28)10-4-1-5-11(10)13-7-3-9-15(19(23)27)17(13)21(25)29/h1-9,28H,24H2,(H2,22,26)(H2,23,27)(H2,25,29). The maximum absolute atomic E-state index is 12.1. The van der Waals surface area contributed by atoms with Crippen LogP contribution < -0.4 is 33.4 Å². The molecule has 146 valence electrons. The molecule has 2 aromatic rings. The van der Waals surface area contributed by atoms with Gasteiger partial charge in [-0.3, -0.25) is 14.4 Å². The summed E-state index contributed by atoms with van der Waals surface area (Å²) in [6, 6.07) is 9.28. The van der Waals surface area contributed by atoms with Crippen LogP contribution in [0.2, 0.25) is 0 Å². The molecule has 0 bridgehead atoms. The minimum absolute atomic E-state index is 0.0125. The fourth-order valence-electron chi connectivity index (χ4n) is 3.40. The predicted molar refractivity (Wildman–Crippen MR) is 108 cm³/mol. The first-order valence-corrected chi connectivity index (χ1v) is 8.47. The maximum atomic E-state index is 12.1. The van der Waals surface area contributed by atoms with Crippen LogP contribution in [0.5, 0.6) is 0 Å². The normalized spacial score (nSPS) is 15.7. The van der Waals surface area contributed by atoms with Crippen molar-refractivity contribution >= 4 is 34.8 Å². The lowest BCUT2D eigenvalue weighted by Crippen LogP contribution is -2.38. The van der Waals surface area contributed by atoms with E-state index in [1.54, 1.807) is 42.5 Å². The Morgan fingerprint density at radius 3 is 2.00 bits per heavy atom. The lowest BCUT2D eigenvalue weighted by Gasteiger charge is -2.13. The molecule has 0 unspecified atom stereocenters. The summed E-state index contributed by atoms with van der Waals surface area (Å²) in [5, 5.41) is 10.5. The number of nitrogens with two attached hydrogens (primary N) is 4. The summed E-state index contributed by atoms with van der Waals surface area (Å²) in [7, 11) is 0. The van der Waals surface area contributed by atoms with Gasteiger partial charge in [0.25, 0.3) is 0 Å². The highest BCUT2D eigenvalue weighted by atomic mass is 16.3. The molecule has 1 aliphatic carbocycles. The summed E-state index contributed by atoms with van der Waals surface area (Å²) in [6.07, 6.45) is 5.13. The van der Waals surface area contributed by atoms with Crippen molar-refractivity contribution in [1.82, 2.24) is 0 Å². The third-order valence-electron chi connectivity index (χ3n) is 4.56. The van der Waals surface area contributed by atoms with Crippen molar-refractivity contribution in [3.05, 3.63) is 87.3 Å². The van der Waals surface area contributed by atoms with Crippen molar-refractivity contribution in [2.24, 2.45) is 22.9 Å². The predicted octanol–water partition coefficient (Wildman–Crippen LogP) is -0.630. The molecule has 29 heavy (non-hydrogen) atoms. The molecule has 8 heteroatoms. The molecule has 0 saturated carbocycles. The highest BCUT2D eigenvalue weighted by Crippen LogP contribution is 2.32. The van der Waals surface area contributed by atoms with Gasteiger partial charge in [0, 0.05) is 0 Å². The molecule has 0 aromatic heterocycles. The number of hydrogen-bond donors (Lipinski definition) is 5. The van der Waals surface area contributed by atoms with Crippen LogP contribution in [0.25, 0.3) is 17.0 Å². The van der Waals surface area contributed by atoms with E-state index in [0.717, 1.165) is 0 Å². The second-order valence-corrected chi connectivity index (χ2v) is 6.29. The first kappa shape index (κ1) is 19.4. The molecule has 2 aromatic carbocycles. The lowest BCUT2D eigenvalue weighted by molar-refractivity contribution is 0.0967. The molecular formula is C21H18N4O4. The van der Waals surface area contributed by atoms with Crippen LogP contribution in [0.15, 0.2) is 54.6 Å². The van der Waals surface area contributed by atoms with Crippen molar-refractivity contribution in [2.45, 2.75) is 0 Å². The number of aliphatic hydroxyl groups excluding tert-OH is 1. The van der Waals surface area contributed by atoms with Gasteiger partial charge >= 0.3 is 0 Å². The molecule has 9 N–H and O–H groups in total. The second-order valence-electron chi connectivity index (χ2n) is 6.29. The Morgan fingerprint density at radius 2 is 1.41 bits per heavy atom. The van der Waals surface area contributed by atoms with E-state index in [0.29, 0.717) is 21.9 Å². The van der Waals surface area contributed by atoms with Gasteiger partial charge in [0.15, 0.2) is 5.88 Å². The molecule has 1 aliphatic rings. The van der Waals surface area contributed by atoms with Crippen molar-refractivity contribution < 1.29 is 19.5 Å². The molecule has 0 fully saturated rings. The van der Waals surface area contributed by atoms with E-state index in [1.807, 2.05) is 0 Å². The highest BCUT2D eigenvalue weighted by Gasteiger charge is 2.22. The number of amides is 3. The topological polar surface area (TPSA) is 176 Å². The average molecular weight is 390 g/mol. The average Bonchev–Trinajstić information content (AvgIpc) is 3.15. The number of carbonyl (C=O) groups excluding carboxylic acids is 3. The molecule has 0 atom stereocenters. The fourth-order valence-corrected chi connectivity index (χ4v) is 3.40. The molecule has 3 amide bonds. The van der Waals surface area contributed by atoms with Gasteiger partial charge in [-0.2, -0.15) is 0 Å². The summed E-state index contributed by atoms with van der Waals surface area (Å²) >= 11 is 0. The minimum Gasteiger partial charge on any atom is -0.494 e. The molecule has 3 rings (SSSR count). The van der Waals surface area contributed by atoms with Crippen molar-refractivity contribution in [3.63, 3.8) is 0 Å². The largest absolute Gasteiger partial charge is 0.494 e. The van der Waals surface area contributed by atoms with Gasteiger partial charge in [0.05, 0.1) is 21.9 Å². The summed E-state index contributed by atoms with van der Waals surface area (Å²) in [5.74, 6) is -2.96. The molecule has 0 aliphatic heterocycles.